The molecule has 0 radical (unpaired) electrons. The third-order valence-electron chi connectivity index (χ3n) is 3.86. The largest absolute Gasteiger partial charge is 0.287 e. The number of fused-ring (bicyclic) bond motifs is 1. The van der Waals surface area contributed by atoms with Gasteiger partial charge in [-0.1, -0.05) is 42.0 Å². The number of benzene rings is 2. The number of hydrogen-bond donors (Lipinski definition) is 0. The highest BCUT2D eigenvalue weighted by molar-refractivity contribution is 6.14. The van der Waals surface area contributed by atoms with Crippen LogP contribution in [0, 0.1) is 6.92 Å². The van der Waals surface area contributed by atoms with Gasteiger partial charge in [0.1, 0.15) is 12.0 Å². The zero-order valence-corrected chi connectivity index (χ0v) is 13.0. The van der Waals surface area contributed by atoms with E-state index < -0.39 is 0 Å². The Morgan fingerprint density at radius 2 is 1.83 bits per heavy atom. The molecule has 2 aromatic heterocycles. The predicted molar refractivity (Wildman–Crippen MR) is 91.3 cm³/mol. The molecule has 2 aromatic carbocycles. The number of carbonyl (C=O) groups is 1. The topological polar surface area (TPSA) is 60.7 Å². The van der Waals surface area contributed by atoms with Crippen LogP contribution in [0.15, 0.2) is 67.1 Å². The fourth-order valence-corrected chi connectivity index (χ4v) is 2.71. The lowest BCUT2D eigenvalue weighted by atomic mass is 10.0. The van der Waals surface area contributed by atoms with Crippen molar-refractivity contribution in [2.75, 3.05) is 0 Å². The molecule has 0 amide bonds. The Bertz CT molecular complexity index is 1040. The molecule has 2 heterocycles. The second-order valence-electron chi connectivity index (χ2n) is 5.55. The van der Waals surface area contributed by atoms with Gasteiger partial charge in [-0.2, -0.15) is 5.10 Å². The maximum absolute atomic E-state index is 12.8. The monoisotopic (exact) mass is 314 g/mol. The van der Waals surface area contributed by atoms with Gasteiger partial charge in [-0.25, -0.2) is 14.6 Å². The van der Waals surface area contributed by atoms with E-state index >= 15 is 0 Å². The van der Waals surface area contributed by atoms with Crippen LogP contribution in [-0.4, -0.2) is 25.5 Å². The smallest absolute Gasteiger partial charge is 0.212 e. The Morgan fingerprint density at radius 3 is 2.62 bits per heavy atom. The first kappa shape index (κ1) is 14.3. The summed E-state index contributed by atoms with van der Waals surface area (Å²) in [5.74, 6) is -0.126. The molecule has 0 saturated carbocycles. The molecule has 116 valence electrons. The average Bonchev–Trinajstić information content (AvgIpc) is 3.06. The van der Waals surface area contributed by atoms with Crippen LogP contribution < -0.4 is 0 Å². The van der Waals surface area contributed by atoms with Crippen molar-refractivity contribution < 1.29 is 4.79 Å². The Morgan fingerprint density at radius 1 is 1.00 bits per heavy atom. The van der Waals surface area contributed by atoms with Crippen molar-refractivity contribution in [3.8, 4) is 5.69 Å². The van der Waals surface area contributed by atoms with Crippen LogP contribution in [0.2, 0.25) is 0 Å². The number of nitrogens with zero attached hydrogens (tertiary/aromatic N) is 4. The minimum atomic E-state index is -0.126. The number of hydrogen-bond acceptors (Lipinski definition) is 4. The number of ketones is 1. The van der Waals surface area contributed by atoms with Crippen LogP contribution in [0.3, 0.4) is 0 Å². The molecule has 0 aliphatic heterocycles. The maximum Gasteiger partial charge on any atom is 0.212 e. The van der Waals surface area contributed by atoms with Crippen molar-refractivity contribution in [2.45, 2.75) is 6.92 Å². The fraction of sp³-hybridized carbons (Fsp3) is 0.0526. The number of aryl methyl sites for hydroxylation is 1. The second-order valence-corrected chi connectivity index (χ2v) is 5.55. The van der Waals surface area contributed by atoms with Crippen molar-refractivity contribution in [1.29, 1.82) is 0 Å². The first-order valence-corrected chi connectivity index (χ1v) is 7.59. The molecule has 0 aliphatic rings. The zero-order chi connectivity index (χ0) is 16.5. The van der Waals surface area contributed by atoms with Gasteiger partial charge in [0.15, 0.2) is 5.65 Å². The lowest BCUT2D eigenvalue weighted by molar-refractivity contribution is 0.103. The maximum atomic E-state index is 12.8. The summed E-state index contributed by atoms with van der Waals surface area (Å²) in [5.41, 5.74) is 3.52. The molecule has 0 N–H and O–H groups in total. The summed E-state index contributed by atoms with van der Waals surface area (Å²) in [6, 6.07) is 17.2. The van der Waals surface area contributed by atoms with Crippen molar-refractivity contribution in [3.63, 3.8) is 0 Å². The Kier molecular flexibility index (Phi) is 3.39. The van der Waals surface area contributed by atoms with Gasteiger partial charge in [0.05, 0.1) is 17.3 Å². The van der Waals surface area contributed by atoms with Crippen molar-refractivity contribution in [3.05, 3.63) is 83.9 Å². The summed E-state index contributed by atoms with van der Waals surface area (Å²) < 4.78 is 1.71. The summed E-state index contributed by atoms with van der Waals surface area (Å²) in [6.07, 6.45) is 3.05. The lowest BCUT2D eigenvalue weighted by Crippen LogP contribution is -2.06. The standard InChI is InChI=1S/C19H14N4O/c1-13-6-5-7-14(10-13)18(24)17-16-11-22-23(19(16)21-12-20-17)15-8-3-2-4-9-15/h2-12H,1H3. The lowest BCUT2D eigenvalue weighted by Gasteiger charge is -2.04. The van der Waals surface area contributed by atoms with Gasteiger partial charge in [-0.15, -0.1) is 0 Å². The van der Waals surface area contributed by atoms with Gasteiger partial charge in [0.2, 0.25) is 5.78 Å². The molecule has 0 unspecified atom stereocenters. The minimum absolute atomic E-state index is 0.126. The van der Waals surface area contributed by atoms with E-state index in [-0.39, 0.29) is 5.78 Å². The van der Waals surface area contributed by atoms with E-state index in [1.807, 2.05) is 55.5 Å². The van der Waals surface area contributed by atoms with Crippen LogP contribution in [0.25, 0.3) is 16.7 Å². The van der Waals surface area contributed by atoms with Gasteiger partial charge in [0, 0.05) is 5.56 Å². The quantitative estimate of drug-likeness (QED) is 0.544. The number of rotatable bonds is 3. The molecule has 24 heavy (non-hydrogen) atoms. The van der Waals surface area contributed by atoms with E-state index in [2.05, 4.69) is 15.1 Å². The summed E-state index contributed by atoms with van der Waals surface area (Å²) in [5, 5.41) is 5.03. The molecule has 5 heteroatoms. The van der Waals surface area contributed by atoms with Gasteiger partial charge in [-0.05, 0) is 25.1 Å². The highest BCUT2D eigenvalue weighted by Crippen LogP contribution is 2.20. The number of aromatic nitrogens is 4. The fourth-order valence-electron chi connectivity index (χ4n) is 2.71. The van der Waals surface area contributed by atoms with Gasteiger partial charge in [0.25, 0.3) is 0 Å². The second kappa shape index (κ2) is 5.70. The molecular formula is C19H14N4O. The van der Waals surface area contributed by atoms with E-state index in [4.69, 9.17) is 0 Å². The SMILES string of the molecule is Cc1cccc(C(=O)c2ncnc3c2cnn3-c2ccccc2)c1. The van der Waals surface area contributed by atoms with Crippen molar-refractivity contribution in [2.24, 2.45) is 0 Å². The first-order valence-electron chi connectivity index (χ1n) is 7.59. The van der Waals surface area contributed by atoms with Crippen molar-refractivity contribution in [1.82, 2.24) is 19.7 Å². The molecule has 0 fully saturated rings. The molecule has 0 saturated heterocycles. The van der Waals surface area contributed by atoms with E-state index in [0.29, 0.717) is 22.3 Å². The molecule has 5 nitrogen and oxygen atoms in total. The third-order valence-corrected chi connectivity index (χ3v) is 3.86. The van der Waals surface area contributed by atoms with Gasteiger partial charge < -0.3 is 0 Å². The molecule has 0 atom stereocenters. The molecule has 4 aromatic rings. The highest BCUT2D eigenvalue weighted by atomic mass is 16.1. The van der Waals surface area contributed by atoms with E-state index in [1.54, 1.807) is 16.9 Å². The number of carbonyl (C=O) groups excluding carboxylic acids is 1. The van der Waals surface area contributed by atoms with Gasteiger partial charge >= 0.3 is 0 Å². The average molecular weight is 314 g/mol. The molecule has 0 bridgehead atoms. The van der Waals surface area contributed by atoms with Crippen LogP contribution in [0.4, 0.5) is 0 Å². The Labute approximate surface area is 138 Å². The van der Waals surface area contributed by atoms with Gasteiger partial charge in [-0.3, -0.25) is 4.79 Å². The summed E-state index contributed by atoms with van der Waals surface area (Å²) in [4.78, 5) is 21.3. The van der Waals surface area contributed by atoms with E-state index in [9.17, 15) is 4.79 Å². The van der Waals surface area contributed by atoms with E-state index in [0.717, 1.165) is 11.3 Å². The Balaban J connectivity index is 1.86. The number of para-hydroxylation sites is 1. The normalized spacial score (nSPS) is 10.9. The van der Waals surface area contributed by atoms with E-state index in [1.165, 1.54) is 6.33 Å². The Hall–Kier alpha value is -3.34. The first-order chi connectivity index (χ1) is 11.7. The van der Waals surface area contributed by atoms with Crippen LogP contribution in [0.5, 0.6) is 0 Å². The van der Waals surface area contributed by atoms with Crippen LogP contribution in [-0.2, 0) is 0 Å². The molecule has 0 aliphatic carbocycles. The summed E-state index contributed by atoms with van der Waals surface area (Å²) in [6.45, 7) is 1.96. The molecular weight excluding hydrogens is 300 g/mol. The molecule has 4 rings (SSSR count). The van der Waals surface area contributed by atoms with Crippen LogP contribution >= 0.6 is 0 Å². The predicted octanol–water partition coefficient (Wildman–Crippen LogP) is 3.35. The highest BCUT2D eigenvalue weighted by Gasteiger charge is 2.18. The minimum Gasteiger partial charge on any atom is -0.287 e. The summed E-state index contributed by atoms with van der Waals surface area (Å²) in [7, 11) is 0. The zero-order valence-electron chi connectivity index (χ0n) is 13.0. The summed E-state index contributed by atoms with van der Waals surface area (Å²) >= 11 is 0. The van der Waals surface area contributed by atoms with Crippen LogP contribution in [0.1, 0.15) is 21.6 Å². The van der Waals surface area contributed by atoms with Crippen molar-refractivity contribution >= 4 is 16.8 Å². The molecule has 0 spiro atoms. The third kappa shape index (κ3) is 2.36.